The third-order valence-electron chi connectivity index (χ3n) is 2.00. The van der Waals surface area contributed by atoms with E-state index in [2.05, 4.69) is 9.44 Å². The van der Waals surface area contributed by atoms with Gasteiger partial charge in [0.2, 0.25) is 11.6 Å². The summed E-state index contributed by atoms with van der Waals surface area (Å²) in [7, 11) is 1.85. The Morgan fingerprint density at radius 2 is 1.39 bits per heavy atom. The van der Waals surface area contributed by atoms with E-state index in [0.29, 0.717) is 0 Å². The molecule has 1 radical (unpaired) electrons. The van der Waals surface area contributed by atoms with Gasteiger partial charge in [0.1, 0.15) is 0 Å². The number of hydrogen-bond donors (Lipinski definition) is 2. The summed E-state index contributed by atoms with van der Waals surface area (Å²) < 4.78 is 58.3. The maximum atomic E-state index is 13.5. The first-order valence-electron chi connectivity index (χ1n) is 4.17. The number of benzene rings is 1. The van der Waals surface area contributed by atoms with E-state index in [0.717, 1.165) is 22.0 Å². The SMILES string of the molecule is O=[N+]([O-])c1c(F)c(F)c([C]2NSSN2)c(F)c1F. The predicted molar refractivity (Wildman–Crippen MR) is 56.7 cm³/mol. The lowest BCUT2D eigenvalue weighted by atomic mass is 10.1. The van der Waals surface area contributed by atoms with E-state index in [4.69, 9.17) is 0 Å². The molecular formula is C7H2F4N3O2S2. The van der Waals surface area contributed by atoms with Gasteiger partial charge in [-0.25, -0.2) is 18.2 Å². The smallest absolute Gasteiger partial charge is 0.258 e. The molecule has 1 saturated heterocycles. The van der Waals surface area contributed by atoms with Gasteiger partial charge >= 0.3 is 5.69 Å². The number of rotatable bonds is 2. The van der Waals surface area contributed by atoms with E-state index >= 15 is 0 Å². The van der Waals surface area contributed by atoms with Gasteiger partial charge in [-0.2, -0.15) is 8.78 Å². The highest BCUT2D eigenvalue weighted by atomic mass is 33.1. The fourth-order valence-corrected chi connectivity index (χ4v) is 2.62. The normalized spacial score (nSPS) is 16.2. The Morgan fingerprint density at radius 1 is 0.944 bits per heavy atom. The maximum Gasteiger partial charge on any atom is 0.346 e. The standard InChI is InChI=1S/C7H2F4N3O2S2/c8-2-1(7-12-17-18-13-7)3(9)5(11)6(4(2)10)14(15)16/h12-13H. The quantitative estimate of drug-likeness (QED) is 0.218. The Hall–Kier alpha value is -1.04. The minimum atomic E-state index is -2.05. The first-order valence-corrected chi connectivity index (χ1v) is 6.32. The van der Waals surface area contributed by atoms with Gasteiger partial charge in [-0.3, -0.25) is 10.1 Å². The van der Waals surface area contributed by atoms with Crippen molar-refractivity contribution < 1.29 is 22.5 Å². The van der Waals surface area contributed by atoms with Crippen LogP contribution in [0.25, 0.3) is 0 Å². The second-order valence-electron chi connectivity index (χ2n) is 2.98. The number of nitro groups is 1. The van der Waals surface area contributed by atoms with Crippen molar-refractivity contribution >= 4 is 27.6 Å². The lowest BCUT2D eigenvalue weighted by Gasteiger charge is -2.11. The van der Waals surface area contributed by atoms with Gasteiger partial charge in [0, 0.05) is 22.0 Å². The highest BCUT2D eigenvalue weighted by Gasteiger charge is 2.37. The lowest BCUT2D eigenvalue weighted by Crippen LogP contribution is -2.24. The molecule has 1 aliphatic rings. The summed E-state index contributed by atoms with van der Waals surface area (Å²) in [6.45, 7) is 0. The molecule has 2 N–H and O–H groups in total. The summed E-state index contributed by atoms with van der Waals surface area (Å²) in [5, 5.41) is 10.3. The lowest BCUT2D eigenvalue weighted by molar-refractivity contribution is -0.390. The molecule has 0 aromatic heterocycles. The van der Waals surface area contributed by atoms with Gasteiger partial charge in [-0.05, 0) is 0 Å². The van der Waals surface area contributed by atoms with Crippen molar-refractivity contribution in [1.82, 2.24) is 9.44 Å². The molecule has 1 aromatic rings. The van der Waals surface area contributed by atoms with Gasteiger partial charge < -0.3 is 0 Å². The van der Waals surface area contributed by atoms with E-state index < -0.39 is 39.4 Å². The number of halogens is 4. The number of nitro benzene ring substituents is 1. The molecule has 1 aliphatic heterocycles. The minimum Gasteiger partial charge on any atom is -0.258 e. The van der Waals surface area contributed by atoms with Gasteiger partial charge in [0.15, 0.2) is 17.8 Å². The van der Waals surface area contributed by atoms with Crippen molar-refractivity contribution in [2.45, 2.75) is 0 Å². The zero-order valence-corrected chi connectivity index (χ0v) is 9.73. The highest BCUT2D eigenvalue weighted by molar-refractivity contribution is 8.75. The van der Waals surface area contributed by atoms with Gasteiger partial charge in [0.25, 0.3) is 0 Å². The van der Waals surface area contributed by atoms with Crippen molar-refractivity contribution in [2.24, 2.45) is 0 Å². The van der Waals surface area contributed by atoms with Crippen molar-refractivity contribution in [3.8, 4) is 0 Å². The molecule has 1 fully saturated rings. The van der Waals surface area contributed by atoms with Gasteiger partial charge in [-0.1, -0.05) is 0 Å². The van der Waals surface area contributed by atoms with Crippen LogP contribution in [-0.2, 0) is 0 Å². The molecule has 0 aliphatic carbocycles. The third kappa shape index (κ3) is 2.02. The average molecular weight is 300 g/mol. The Labute approximate surface area is 105 Å². The zero-order chi connectivity index (χ0) is 13.4. The van der Waals surface area contributed by atoms with E-state index in [-0.39, 0.29) is 6.17 Å². The minimum absolute atomic E-state index is 0.312. The number of nitrogens with zero attached hydrogens (tertiary/aromatic N) is 1. The summed E-state index contributed by atoms with van der Waals surface area (Å²) >= 11 is 0. The van der Waals surface area contributed by atoms with E-state index in [9.17, 15) is 27.7 Å². The van der Waals surface area contributed by atoms with Crippen LogP contribution in [0.1, 0.15) is 5.56 Å². The van der Waals surface area contributed by atoms with Crippen molar-refractivity contribution in [2.75, 3.05) is 0 Å². The van der Waals surface area contributed by atoms with Crippen LogP contribution in [0, 0.1) is 39.5 Å². The topological polar surface area (TPSA) is 67.2 Å². The van der Waals surface area contributed by atoms with Crippen LogP contribution in [0.5, 0.6) is 0 Å². The first-order chi connectivity index (χ1) is 8.45. The fourth-order valence-electron chi connectivity index (χ4n) is 1.25. The summed E-state index contributed by atoms with van der Waals surface area (Å²) in [4.78, 5) is 8.80. The monoisotopic (exact) mass is 300 g/mol. The predicted octanol–water partition coefficient (Wildman–Crippen LogP) is 2.39. The average Bonchev–Trinajstić information content (AvgIpc) is 2.80. The number of hydrogen-bond acceptors (Lipinski definition) is 6. The molecule has 0 atom stereocenters. The molecule has 0 amide bonds. The van der Waals surface area contributed by atoms with Crippen molar-refractivity contribution in [3.05, 3.63) is 45.1 Å². The molecule has 5 nitrogen and oxygen atoms in total. The summed E-state index contributed by atoms with van der Waals surface area (Å²) in [6, 6.07) is 0. The summed E-state index contributed by atoms with van der Waals surface area (Å²) in [5.41, 5.74) is -2.90. The molecule has 18 heavy (non-hydrogen) atoms. The highest BCUT2D eigenvalue weighted by Crippen LogP contribution is 2.36. The molecule has 97 valence electrons. The Kier molecular flexibility index (Phi) is 3.66. The van der Waals surface area contributed by atoms with E-state index in [1.54, 1.807) is 0 Å². The van der Waals surface area contributed by atoms with Crippen molar-refractivity contribution in [3.63, 3.8) is 0 Å². The third-order valence-corrected chi connectivity index (χ3v) is 3.41. The maximum absolute atomic E-state index is 13.5. The summed E-state index contributed by atoms with van der Waals surface area (Å²) in [5.74, 6) is -7.77. The summed E-state index contributed by atoms with van der Waals surface area (Å²) in [6.07, 6.45) is -0.312. The largest absolute Gasteiger partial charge is 0.346 e. The zero-order valence-electron chi connectivity index (χ0n) is 8.09. The van der Waals surface area contributed by atoms with E-state index in [1.165, 1.54) is 0 Å². The Balaban J connectivity index is 2.65. The van der Waals surface area contributed by atoms with Crippen LogP contribution in [0.2, 0.25) is 0 Å². The van der Waals surface area contributed by atoms with Crippen LogP contribution in [-0.4, -0.2) is 4.92 Å². The number of nitrogens with one attached hydrogen (secondary N) is 2. The second-order valence-corrected chi connectivity index (χ2v) is 4.72. The molecule has 11 heteroatoms. The van der Waals surface area contributed by atoms with Gasteiger partial charge in [0.05, 0.1) is 10.5 Å². The Morgan fingerprint density at radius 3 is 1.78 bits per heavy atom. The second kappa shape index (κ2) is 4.91. The Bertz CT molecular complexity index is 495. The van der Waals surface area contributed by atoms with Crippen LogP contribution in [0.15, 0.2) is 0 Å². The molecule has 1 aromatic carbocycles. The van der Waals surface area contributed by atoms with Crippen LogP contribution >= 0.6 is 22.0 Å². The molecule has 0 spiro atoms. The molecule has 1 heterocycles. The van der Waals surface area contributed by atoms with Crippen LogP contribution < -0.4 is 9.44 Å². The van der Waals surface area contributed by atoms with Crippen LogP contribution in [0.4, 0.5) is 23.2 Å². The molecule has 0 saturated carbocycles. The molecule has 2 rings (SSSR count). The van der Waals surface area contributed by atoms with E-state index in [1.807, 2.05) is 0 Å². The molecule has 0 unspecified atom stereocenters. The van der Waals surface area contributed by atoms with Crippen molar-refractivity contribution in [1.29, 1.82) is 0 Å². The van der Waals surface area contributed by atoms with Crippen LogP contribution in [0.3, 0.4) is 0 Å². The fraction of sp³-hybridized carbons (Fsp3) is 0. The molecule has 0 bridgehead atoms. The molecular weight excluding hydrogens is 298 g/mol. The first kappa shape index (κ1) is 13.4. The van der Waals surface area contributed by atoms with Gasteiger partial charge in [-0.15, -0.1) is 0 Å².